The maximum absolute atomic E-state index is 12.9. The number of nitrogens with one attached hydrogen (secondary N) is 1. The molecule has 0 aliphatic carbocycles. The van der Waals surface area contributed by atoms with Gasteiger partial charge in [-0.1, -0.05) is 36.4 Å². The molecule has 1 aliphatic rings. The predicted octanol–water partition coefficient (Wildman–Crippen LogP) is 5.26. The molecule has 9 nitrogen and oxygen atoms in total. The van der Waals surface area contributed by atoms with Crippen molar-refractivity contribution in [2.75, 3.05) is 19.0 Å². The molecule has 1 heterocycles. The van der Waals surface area contributed by atoms with Crippen molar-refractivity contribution >= 4 is 46.5 Å². The minimum atomic E-state index is -1.00. The van der Waals surface area contributed by atoms with E-state index in [1.165, 1.54) is 19.2 Å². The number of carbonyl (C=O) groups is 4. The Balaban J connectivity index is 1.42. The van der Waals surface area contributed by atoms with E-state index in [4.69, 9.17) is 14.6 Å². The molecule has 0 atom stereocenters. The van der Waals surface area contributed by atoms with E-state index in [2.05, 4.69) is 5.32 Å². The maximum atomic E-state index is 12.9. The number of benzene rings is 3. The lowest BCUT2D eigenvalue weighted by Gasteiger charge is -2.15. The fourth-order valence-electron chi connectivity index (χ4n) is 3.92. The summed E-state index contributed by atoms with van der Waals surface area (Å²) in [5.41, 5.74) is 4.01. The van der Waals surface area contributed by atoms with Crippen LogP contribution in [0, 0.1) is 13.8 Å². The van der Waals surface area contributed by atoms with Crippen LogP contribution in [0.25, 0.3) is 6.08 Å². The van der Waals surface area contributed by atoms with E-state index in [0.717, 1.165) is 33.4 Å². The van der Waals surface area contributed by atoms with Gasteiger partial charge in [-0.2, -0.15) is 0 Å². The van der Waals surface area contributed by atoms with Crippen LogP contribution in [-0.2, 0) is 16.2 Å². The molecule has 1 aliphatic heterocycles. The number of aromatic carboxylic acids is 1. The van der Waals surface area contributed by atoms with E-state index >= 15 is 0 Å². The molecule has 10 heteroatoms. The molecule has 0 saturated carbocycles. The van der Waals surface area contributed by atoms with Gasteiger partial charge in [-0.15, -0.1) is 0 Å². The number of hydrogen-bond donors (Lipinski definition) is 2. The molecule has 39 heavy (non-hydrogen) atoms. The lowest BCUT2D eigenvalue weighted by molar-refractivity contribution is -0.127. The summed E-state index contributed by atoms with van der Waals surface area (Å²) < 4.78 is 11.3. The number of hydrogen-bond acceptors (Lipinski definition) is 7. The molecule has 0 aromatic heterocycles. The van der Waals surface area contributed by atoms with Crippen molar-refractivity contribution in [3.05, 3.63) is 93.4 Å². The van der Waals surface area contributed by atoms with Gasteiger partial charge in [0.05, 0.1) is 17.6 Å². The number of aryl methyl sites for hydroxylation is 2. The van der Waals surface area contributed by atoms with Crippen LogP contribution in [0.5, 0.6) is 11.5 Å². The fraction of sp³-hybridized carbons (Fsp3) is 0.172. The van der Waals surface area contributed by atoms with Crippen molar-refractivity contribution in [2.45, 2.75) is 20.5 Å². The van der Waals surface area contributed by atoms with Gasteiger partial charge >= 0.3 is 5.97 Å². The number of carbonyl (C=O) groups excluding carboxylic acids is 3. The molecule has 0 bridgehead atoms. The van der Waals surface area contributed by atoms with Crippen LogP contribution < -0.4 is 14.8 Å². The highest BCUT2D eigenvalue weighted by molar-refractivity contribution is 8.18. The monoisotopic (exact) mass is 546 g/mol. The molecule has 0 unspecified atom stereocenters. The molecule has 3 amide bonds. The van der Waals surface area contributed by atoms with Crippen molar-refractivity contribution < 1.29 is 33.8 Å². The number of thioether (sulfide) groups is 1. The first kappa shape index (κ1) is 27.5. The SMILES string of the molecule is COc1cc(/C=C2\SC(=O)N(CC(=O)Nc3c(C)cccc3C)C2=O)ccc1OCc1ccc(C(=O)O)cc1. The van der Waals surface area contributed by atoms with Crippen LogP contribution in [0.2, 0.25) is 0 Å². The topological polar surface area (TPSA) is 122 Å². The van der Waals surface area contributed by atoms with Gasteiger partial charge in [-0.05, 0) is 78.2 Å². The summed E-state index contributed by atoms with van der Waals surface area (Å²) in [5, 5.41) is 11.3. The number of anilines is 1. The molecule has 1 fully saturated rings. The number of rotatable bonds is 9. The Labute approximate surface area is 229 Å². The van der Waals surface area contributed by atoms with E-state index < -0.39 is 23.0 Å². The van der Waals surface area contributed by atoms with Crippen LogP contribution in [0.3, 0.4) is 0 Å². The summed E-state index contributed by atoms with van der Waals surface area (Å²) in [5.74, 6) is -1.15. The van der Waals surface area contributed by atoms with Crippen molar-refractivity contribution in [3.8, 4) is 11.5 Å². The summed E-state index contributed by atoms with van der Waals surface area (Å²) in [6.07, 6.45) is 1.56. The zero-order valence-electron chi connectivity index (χ0n) is 21.5. The van der Waals surface area contributed by atoms with Gasteiger partial charge in [0.1, 0.15) is 13.2 Å². The average molecular weight is 547 g/mol. The largest absolute Gasteiger partial charge is 0.493 e. The Morgan fingerprint density at radius 3 is 2.33 bits per heavy atom. The smallest absolute Gasteiger partial charge is 0.335 e. The summed E-state index contributed by atoms with van der Waals surface area (Å²) in [7, 11) is 1.48. The predicted molar refractivity (Wildman–Crippen MR) is 148 cm³/mol. The molecule has 0 spiro atoms. The number of ether oxygens (including phenoxy) is 2. The van der Waals surface area contributed by atoms with Gasteiger partial charge in [0.15, 0.2) is 11.5 Å². The normalized spacial score (nSPS) is 14.0. The highest BCUT2D eigenvalue weighted by atomic mass is 32.2. The van der Waals surface area contributed by atoms with Crippen molar-refractivity contribution in [3.63, 3.8) is 0 Å². The molecule has 1 saturated heterocycles. The van der Waals surface area contributed by atoms with E-state index in [1.807, 2.05) is 32.0 Å². The van der Waals surface area contributed by atoms with Crippen LogP contribution in [0.4, 0.5) is 10.5 Å². The lowest BCUT2D eigenvalue weighted by atomic mass is 10.1. The van der Waals surface area contributed by atoms with Crippen LogP contribution in [0.15, 0.2) is 65.6 Å². The first-order valence-corrected chi connectivity index (χ1v) is 12.7. The van der Waals surface area contributed by atoms with Crippen LogP contribution >= 0.6 is 11.8 Å². The van der Waals surface area contributed by atoms with Gasteiger partial charge in [-0.25, -0.2) is 4.79 Å². The van der Waals surface area contributed by atoms with Crippen molar-refractivity contribution in [1.29, 1.82) is 0 Å². The van der Waals surface area contributed by atoms with Crippen molar-refractivity contribution in [1.82, 2.24) is 4.90 Å². The standard InChI is InChI=1S/C29H26N2O7S/c1-17-5-4-6-18(2)26(17)30-25(32)15-31-27(33)24(39-29(31)36)14-20-9-12-22(23(13-20)37-3)38-16-19-7-10-21(11-8-19)28(34)35/h4-14H,15-16H2,1-3H3,(H,30,32)(H,34,35)/b24-14-. The fourth-order valence-corrected chi connectivity index (χ4v) is 4.76. The third kappa shape index (κ3) is 6.47. The Morgan fingerprint density at radius 2 is 1.69 bits per heavy atom. The molecule has 200 valence electrons. The molecular formula is C29H26N2O7S. The second-order valence-corrected chi connectivity index (χ2v) is 9.78. The van der Waals surface area contributed by atoms with Crippen LogP contribution in [0.1, 0.15) is 32.6 Å². The molecule has 2 N–H and O–H groups in total. The van der Waals surface area contributed by atoms with Gasteiger partial charge in [0, 0.05) is 5.69 Å². The van der Waals surface area contributed by atoms with Crippen LogP contribution in [-0.4, -0.2) is 46.7 Å². The van der Waals surface area contributed by atoms with Gasteiger partial charge in [0.25, 0.3) is 11.1 Å². The van der Waals surface area contributed by atoms with Gasteiger partial charge < -0.3 is 19.9 Å². The number of carboxylic acids is 1. The third-order valence-corrected chi connectivity index (χ3v) is 6.91. The zero-order chi connectivity index (χ0) is 28.1. The molecule has 4 rings (SSSR count). The summed E-state index contributed by atoms with van der Waals surface area (Å²) in [6.45, 7) is 3.54. The van der Waals surface area contributed by atoms with Gasteiger partial charge in [-0.3, -0.25) is 19.3 Å². The number of imide groups is 1. The van der Waals surface area contributed by atoms with E-state index in [1.54, 1.807) is 36.4 Å². The number of carboxylic acid groups (broad SMARTS) is 1. The number of nitrogens with zero attached hydrogens (tertiary/aromatic N) is 1. The molecule has 3 aromatic carbocycles. The number of amides is 3. The number of methoxy groups -OCH3 is 1. The second-order valence-electron chi connectivity index (χ2n) is 8.78. The minimum Gasteiger partial charge on any atom is -0.493 e. The lowest BCUT2D eigenvalue weighted by Crippen LogP contribution is -2.36. The zero-order valence-corrected chi connectivity index (χ0v) is 22.3. The third-order valence-electron chi connectivity index (χ3n) is 6.00. The maximum Gasteiger partial charge on any atom is 0.335 e. The Bertz CT molecular complexity index is 1460. The average Bonchev–Trinajstić information content (AvgIpc) is 3.17. The highest BCUT2D eigenvalue weighted by Crippen LogP contribution is 2.35. The van der Waals surface area contributed by atoms with Crippen molar-refractivity contribution in [2.24, 2.45) is 0 Å². The highest BCUT2D eigenvalue weighted by Gasteiger charge is 2.36. The number of para-hydroxylation sites is 1. The van der Waals surface area contributed by atoms with E-state index in [9.17, 15) is 19.2 Å². The summed E-state index contributed by atoms with van der Waals surface area (Å²) in [4.78, 5) is 50.2. The minimum absolute atomic E-state index is 0.187. The Morgan fingerprint density at radius 1 is 1.00 bits per heavy atom. The first-order valence-electron chi connectivity index (χ1n) is 11.9. The Hall–Kier alpha value is -4.57. The molecule has 0 radical (unpaired) electrons. The summed E-state index contributed by atoms with van der Waals surface area (Å²) in [6, 6.07) is 17.0. The second kappa shape index (κ2) is 11.9. The summed E-state index contributed by atoms with van der Waals surface area (Å²) >= 11 is 0.764. The molecule has 3 aromatic rings. The molecular weight excluding hydrogens is 520 g/mol. The van der Waals surface area contributed by atoms with E-state index in [0.29, 0.717) is 22.7 Å². The van der Waals surface area contributed by atoms with Gasteiger partial charge in [0.2, 0.25) is 5.91 Å². The Kier molecular flexibility index (Phi) is 8.36. The van der Waals surface area contributed by atoms with E-state index in [-0.39, 0.29) is 23.6 Å². The first-order chi connectivity index (χ1) is 18.7. The quantitative estimate of drug-likeness (QED) is 0.348.